The Labute approximate surface area is 145 Å². The van der Waals surface area contributed by atoms with E-state index in [1.54, 1.807) is 18.2 Å². The van der Waals surface area contributed by atoms with Crippen LogP contribution in [0, 0.1) is 12.7 Å². The molecule has 0 aromatic heterocycles. The van der Waals surface area contributed by atoms with Crippen molar-refractivity contribution < 1.29 is 14.0 Å². The Balaban J connectivity index is 2.02. The minimum Gasteiger partial charge on any atom is -0.326 e. The first kappa shape index (κ1) is 17.9. The van der Waals surface area contributed by atoms with E-state index in [4.69, 9.17) is 11.6 Å². The largest absolute Gasteiger partial charge is 0.326 e. The Kier molecular flexibility index (Phi) is 5.93. The van der Waals surface area contributed by atoms with E-state index in [2.05, 4.69) is 5.32 Å². The highest BCUT2D eigenvalue weighted by molar-refractivity contribution is 6.30. The molecule has 6 heteroatoms. The molecular formula is C18H18ClFN2O2. The highest BCUT2D eigenvalue weighted by Gasteiger charge is 2.15. The van der Waals surface area contributed by atoms with Crippen LogP contribution in [0.2, 0.25) is 5.02 Å². The van der Waals surface area contributed by atoms with Gasteiger partial charge in [0.1, 0.15) is 5.82 Å². The van der Waals surface area contributed by atoms with Gasteiger partial charge in [-0.25, -0.2) is 4.39 Å². The Bertz CT molecular complexity index is 747. The quantitative estimate of drug-likeness (QED) is 0.881. The molecule has 0 aliphatic heterocycles. The number of hydrogen-bond donors (Lipinski definition) is 1. The van der Waals surface area contributed by atoms with Crippen LogP contribution in [-0.2, 0) is 9.59 Å². The lowest BCUT2D eigenvalue weighted by atomic mass is 10.1. The lowest BCUT2D eigenvalue weighted by Gasteiger charge is -2.23. The molecule has 0 saturated carbocycles. The van der Waals surface area contributed by atoms with Crippen molar-refractivity contribution in [3.8, 4) is 0 Å². The summed E-state index contributed by atoms with van der Waals surface area (Å²) in [4.78, 5) is 25.5. The highest BCUT2D eigenvalue weighted by atomic mass is 35.5. The summed E-state index contributed by atoms with van der Waals surface area (Å²) >= 11 is 5.94. The number of amides is 2. The van der Waals surface area contributed by atoms with Gasteiger partial charge >= 0.3 is 0 Å². The number of halogens is 2. The summed E-state index contributed by atoms with van der Waals surface area (Å²) in [5.41, 5.74) is 2.09. The second kappa shape index (κ2) is 7.93. The Morgan fingerprint density at radius 2 is 1.83 bits per heavy atom. The molecule has 0 heterocycles. The van der Waals surface area contributed by atoms with Gasteiger partial charge in [0.2, 0.25) is 11.8 Å². The number of benzene rings is 2. The topological polar surface area (TPSA) is 49.4 Å². The van der Waals surface area contributed by atoms with Gasteiger partial charge in [0.25, 0.3) is 0 Å². The maximum atomic E-state index is 12.9. The van der Waals surface area contributed by atoms with Crippen LogP contribution in [0.15, 0.2) is 42.5 Å². The van der Waals surface area contributed by atoms with Crippen molar-refractivity contribution in [1.82, 2.24) is 0 Å². The Morgan fingerprint density at radius 3 is 2.42 bits per heavy atom. The van der Waals surface area contributed by atoms with Gasteiger partial charge in [0.05, 0.1) is 0 Å². The van der Waals surface area contributed by atoms with E-state index in [1.807, 2.05) is 6.92 Å². The SMILES string of the molecule is CC(=O)N(CCC(=O)Nc1ccc(F)cc1)c1ccc(Cl)cc1C. The Hall–Kier alpha value is -2.40. The lowest BCUT2D eigenvalue weighted by Crippen LogP contribution is -2.32. The second-order valence-electron chi connectivity index (χ2n) is 5.41. The van der Waals surface area contributed by atoms with Crippen molar-refractivity contribution in [3.63, 3.8) is 0 Å². The summed E-state index contributed by atoms with van der Waals surface area (Å²) in [5.74, 6) is -0.775. The summed E-state index contributed by atoms with van der Waals surface area (Å²) in [5, 5.41) is 3.27. The summed E-state index contributed by atoms with van der Waals surface area (Å²) in [7, 11) is 0. The number of anilines is 2. The molecule has 0 spiro atoms. The lowest BCUT2D eigenvalue weighted by molar-refractivity contribution is -0.117. The molecule has 0 unspecified atom stereocenters. The molecule has 1 N–H and O–H groups in total. The fraction of sp³-hybridized carbons (Fsp3) is 0.222. The fourth-order valence-electron chi connectivity index (χ4n) is 2.34. The number of rotatable bonds is 5. The molecular weight excluding hydrogens is 331 g/mol. The molecule has 0 aliphatic rings. The molecule has 0 fully saturated rings. The number of hydrogen-bond acceptors (Lipinski definition) is 2. The third kappa shape index (κ3) is 4.80. The standard InChI is InChI=1S/C18H18ClFN2O2/c1-12-11-14(19)3-8-17(12)22(13(2)23)10-9-18(24)21-16-6-4-15(20)5-7-16/h3-8,11H,9-10H2,1-2H3,(H,21,24). The van der Waals surface area contributed by atoms with Gasteiger partial charge in [0, 0.05) is 36.3 Å². The summed E-state index contributed by atoms with van der Waals surface area (Å²) in [6.07, 6.45) is 0.124. The third-order valence-corrected chi connectivity index (χ3v) is 3.76. The van der Waals surface area contributed by atoms with Gasteiger partial charge in [-0.2, -0.15) is 0 Å². The first-order valence-corrected chi connectivity index (χ1v) is 7.84. The second-order valence-corrected chi connectivity index (χ2v) is 5.84. The number of nitrogens with one attached hydrogen (secondary N) is 1. The minimum absolute atomic E-state index is 0.124. The highest BCUT2D eigenvalue weighted by Crippen LogP contribution is 2.24. The average Bonchev–Trinajstić information content (AvgIpc) is 2.51. The van der Waals surface area contributed by atoms with Crippen LogP contribution in [0.25, 0.3) is 0 Å². The predicted molar refractivity (Wildman–Crippen MR) is 93.9 cm³/mol. The molecule has 4 nitrogen and oxygen atoms in total. The van der Waals surface area contributed by atoms with E-state index in [-0.39, 0.29) is 30.6 Å². The third-order valence-electron chi connectivity index (χ3n) is 3.52. The van der Waals surface area contributed by atoms with Gasteiger partial charge in [0.15, 0.2) is 0 Å². The first-order chi connectivity index (χ1) is 11.4. The number of carbonyl (C=O) groups is 2. The molecule has 2 aromatic rings. The first-order valence-electron chi connectivity index (χ1n) is 7.46. The van der Waals surface area contributed by atoms with Gasteiger partial charge < -0.3 is 10.2 Å². The van der Waals surface area contributed by atoms with Gasteiger partial charge in [-0.05, 0) is 55.0 Å². The van der Waals surface area contributed by atoms with Crippen LogP contribution in [0.4, 0.5) is 15.8 Å². The van der Waals surface area contributed by atoms with Crippen molar-refractivity contribution in [3.05, 3.63) is 58.9 Å². The normalized spacial score (nSPS) is 10.3. The summed E-state index contributed by atoms with van der Waals surface area (Å²) in [6, 6.07) is 10.8. The summed E-state index contributed by atoms with van der Waals surface area (Å²) < 4.78 is 12.9. The van der Waals surface area contributed by atoms with E-state index in [9.17, 15) is 14.0 Å². The van der Waals surface area contributed by atoms with Gasteiger partial charge in [-0.3, -0.25) is 9.59 Å². The van der Waals surface area contributed by atoms with Crippen molar-refractivity contribution in [2.24, 2.45) is 0 Å². The van der Waals surface area contributed by atoms with Crippen LogP contribution in [0.1, 0.15) is 18.9 Å². The molecule has 24 heavy (non-hydrogen) atoms. The molecule has 0 aliphatic carbocycles. The van der Waals surface area contributed by atoms with Gasteiger partial charge in [-0.1, -0.05) is 11.6 Å². The number of aryl methyl sites for hydroxylation is 1. The molecule has 2 aromatic carbocycles. The Morgan fingerprint density at radius 1 is 1.17 bits per heavy atom. The predicted octanol–water partition coefficient (Wildman–Crippen LogP) is 4.17. The molecule has 0 atom stereocenters. The zero-order chi connectivity index (χ0) is 17.7. The van der Waals surface area contributed by atoms with Crippen LogP contribution in [0.5, 0.6) is 0 Å². The fourth-order valence-corrected chi connectivity index (χ4v) is 2.57. The summed E-state index contributed by atoms with van der Waals surface area (Å²) in [6.45, 7) is 3.55. The number of carbonyl (C=O) groups excluding carboxylic acids is 2. The maximum absolute atomic E-state index is 12.9. The molecule has 2 amide bonds. The van der Waals surface area contributed by atoms with Crippen molar-refractivity contribution >= 4 is 34.8 Å². The van der Waals surface area contributed by atoms with Gasteiger partial charge in [-0.15, -0.1) is 0 Å². The molecule has 2 rings (SSSR count). The van der Waals surface area contributed by atoms with Crippen molar-refractivity contribution in [1.29, 1.82) is 0 Å². The smallest absolute Gasteiger partial charge is 0.226 e. The molecule has 0 saturated heterocycles. The molecule has 0 radical (unpaired) electrons. The zero-order valence-electron chi connectivity index (χ0n) is 13.5. The molecule has 126 valence electrons. The van der Waals surface area contributed by atoms with Crippen LogP contribution in [0.3, 0.4) is 0 Å². The van der Waals surface area contributed by atoms with E-state index < -0.39 is 0 Å². The van der Waals surface area contributed by atoms with E-state index >= 15 is 0 Å². The van der Waals surface area contributed by atoms with Crippen molar-refractivity contribution in [2.45, 2.75) is 20.3 Å². The minimum atomic E-state index is -0.367. The van der Waals surface area contributed by atoms with Crippen molar-refractivity contribution in [2.75, 3.05) is 16.8 Å². The van der Waals surface area contributed by atoms with E-state index in [0.717, 1.165) is 11.3 Å². The maximum Gasteiger partial charge on any atom is 0.226 e. The van der Waals surface area contributed by atoms with Crippen LogP contribution < -0.4 is 10.2 Å². The van der Waals surface area contributed by atoms with Crippen LogP contribution >= 0.6 is 11.6 Å². The monoisotopic (exact) mass is 348 g/mol. The zero-order valence-corrected chi connectivity index (χ0v) is 14.2. The number of nitrogens with zero attached hydrogens (tertiary/aromatic N) is 1. The average molecular weight is 349 g/mol. The van der Waals surface area contributed by atoms with E-state index in [0.29, 0.717) is 10.7 Å². The molecule has 0 bridgehead atoms. The van der Waals surface area contributed by atoms with Crippen LogP contribution in [-0.4, -0.2) is 18.4 Å². The van der Waals surface area contributed by atoms with E-state index in [1.165, 1.54) is 36.1 Å².